The van der Waals surface area contributed by atoms with Gasteiger partial charge in [0.15, 0.2) is 0 Å². The Hall–Kier alpha value is -2.21. The van der Waals surface area contributed by atoms with Crippen LogP contribution in [0.1, 0.15) is 52.4 Å². The zero-order chi connectivity index (χ0) is 17.1. The van der Waals surface area contributed by atoms with E-state index in [-0.39, 0.29) is 17.9 Å². The maximum atomic E-state index is 12.9. The summed E-state index contributed by atoms with van der Waals surface area (Å²) in [5, 5.41) is 4.72. The average Bonchev–Trinajstić information content (AvgIpc) is 3.21. The van der Waals surface area contributed by atoms with Crippen LogP contribution in [0.4, 0.5) is 0 Å². The average molecular weight is 343 g/mol. The van der Waals surface area contributed by atoms with Crippen molar-refractivity contribution >= 4 is 23.2 Å². The van der Waals surface area contributed by atoms with Crippen LogP contribution >= 0.6 is 11.3 Å². The Labute approximate surface area is 145 Å². The summed E-state index contributed by atoms with van der Waals surface area (Å²) in [6.45, 7) is 4.64. The third-order valence-electron chi connectivity index (χ3n) is 4.26. The van der Waals surface area contributed by atoms with Crippen molar-refractivity contribution in [2.75, 3.05) is 6.54 Å². The van der Waals surface area contributed by atoms with Crippen LogP contribution in [0.3, 0.4) is 0 Å². The lowest BCUT2D eigenvalue weighted by atomic mass is 10.1. The van der Waals surface area contributed by atoms with Crippen molar-refractivity contribution in [3.05, 3.63) is 51.5 Å². The Morgan fingerprint density at radius 2 is 2.21 bits per heavy atom. The van der Waals surface area contributed by atoms with E-state index >= 15 is 0 Å². The summed E-state index contributed by atoms with van der Waals surface area (Å²) in [6, 6.07) is 7.79. The molecule has 0 bridgehead atoms. The van der Waals surface area contributed by atoms with E-state index in [9.17, 15) is 9.59 Å². The Morgan fingerprint density at radius 3 is 2.92 bits per heavy atom. The molecule has 0 unspecified atom stereocenters. The first-order valence-electron chi connectivity index (χ1n) is 8.11. The largest absolute Gasteiger partial charge is 0.351 e. The van der Waals surface area contributed by atoms with Crippen molar-refractivity contribution in [1.82, 2.24) is 15.2 Å². The number of rotatable bonds is 4. The van der Waals surface area contributed by atoms with E-state index in [1.165, 1.54) is 18.3 Å². The number of pyridine rings is 1. The second-order valence-corrected chi connectivity index (χ2v) is 6.97. The van der Waals surface area contributed by atoms with Crippen molar-refractivity contribution in [3.63, 3.8) is 0 Å². The van der Waals surface area contributed by atoms with Crippen LogP contribution in [0.5, 0.6) is 0 Å². The second-order valence-electron chi connectivity index (χ2n) is 6.05. The van der Waals surface area contributed by atoms with Crippen molar-refractivity contribution in [1.29, 1.82) is 0 Å². The van der Waals surface area contributed by atoms with Crippen LogP contribution in [-0.4, -0.2) is 28.2 Å². The molecule has 2 amide bonds. The quantitative estimate of drug-likeness (QED) is 0.928. The topological polar surface area (TPSA) is 62.3 Å². The fraction of sp³-hybridized carbons (Fsp3) is 0.389. The molecule has 1 atom stereocenters. The molecule has 0 radical (unpaired) electrons. The highest BCUT2D eigenvalue weighted by atomic mass is 32.1. The SMILES string of the molecule is CC(=O)NCc1cccc([C@@H]2CCCN2C(=O)c2sccc2C)n1. The van der Waals surface area contributed by atoms with E-state index < -0.39 is 0 Å². The minimum Gasteiger partial charge on any atom is -0.351 e. The predicted octanol–water partition coefficient (Wildman–Crippen LogP) is 3.06. The lowest BCUT2D eigenvalue weighted by molar-refractivity contribution is -0.119. The molecule has 1 fully saturated rings. The van der Waals surface area contributed by atoms with Gasteiger partial charge in [0.1, 0.15) is 0 Å². The van der Waals surface area contributed by atoms with Gasteiger partial charge in [-0.2, -0.15) is 0 Å². The van der Waals surface area contributed by atoms with E-state index in [0.717, 1.165) is 41.2 Å². The molecule has 5 nitrogen and oxygen atoms in total. The zero-order valence-electron chi connectivity index (χ0n) is 13.9. The molecule has 0 aromatic carbocycles. The molecule has 0 aliphatic carbocycles. The number of carbonyl (C=O) groups excluding carboxylic acids is 2. The highest BCUT2D eigenvalue weighted by molar-refractivity contribution is 7.12. The minimum absolute atomic E-state index is 0.0104. The van der Waals surface area contributed by atoms with Crippen molar-refractivity contribution in [2.45, 2.75) is 39.3 Å². The number of thiophene rings is 1. The molecule has 3 rings (SSSR count). The molecule has 2 aromatic rings. The first kappa shape index (κ1) is 16.6. The molecule has 1 N–H and O–H groups in total. The number of hydrogen-bond acceptors (Lipinski definition) is 4. The van der Waals surface area contributed by atoms with Crippen LogP contribution in [0, 0.1) is 6.92 Å². The van der Waals surface area contributed by atoms with Gasteiger partial charge in [-0.05, 0) is 48.9 Å². The third kappa shape index (κ3) is 3.48. The fourth-order valence-electron chi connectivity index (χ4n) is 3.04. The standard InChI is InChI=1S/C18H21N3O2S/c1-12-8-10-24-17(12)18(23)21-9-4-7-16(21)15-6-3-5-14(20-15)11-19-13(2)22/h3,5-6,8,10,16H,4,7,9,11H2,1-2H3,(H,19,22)/t16-/m0/s1. The molecule has 2 aromatic heterocycles. The van der Waals surface area contributed by atoms with Crippen LogP contribution in [-0.2, 0) is 11.3 Å². The third-order valence-corrected chi connectivity index (χ3v) is 5.26. The van der Waals surface area contributed by atoms with Crippen LogP contribution < -0.4 is 5.32 Å². The number of nitrogens with zero attached hydrogens (tertiary/aromatic N) is 2. The van der Waals surface area contributed by atoms with Gasteiger partial charge in [0.25, 0.3) is 5.91 Å². The number of aromatic nitrogens is 1. The monoisotopic (exact) mass is 343 g/mol. The number of carbonyl (C=O) groups is 2. The molecule has 1 aliphatic heterocycles. The van der Waals surface area contributed by atoms with E-state index in [0.29, 0.717) is 6.54 Å². The Balaban J connectivity index is 1.80. The Kier molecular flexibility index (Phi) is 4.94. The number of aryl methyl sites for hydroxylation is 1. The van der Waals surface area contributed by atoms with Crippen molar-refractivity contribution in [2.24, 2.45) is 0 Å². The number of nitrogens with one attached hydrogen (secondary N) is 1. The summed E-state index contributed by atoms with van der Waals surface area (Å²) < 4.78 is 0. The highest BCUT2D eigenvalue weighted by Gasteiger charge is 2.32. The normalized spacial score (nSPS) is 17.1. The molecule has 1 saturated heterocycles. The predicted molar refractivity (Wildman–Crippen MR) is 93.8 cm³/mol. The Morgan fingerprint density at radius 1 is 1.38 bits per heavy atom. The minimum atomic E-state index is -0.0759. The molecular weight excluding hydrogens is 322 g/mol. The summed E-state index contributed by atoms with van der Waals surface area (Å²) in [5.41, 5.74) is 2.75. The van der Waals surface area contributed by atoms with Crippen LogP contribution in [0.25, 0.3) is 0 Å². The lowest BCUT2D eigenvalue weighted by Gasteiger charge is -2.24. The Bertz CT molecular complexity index is 756. The van der Waals surface area contributed by atoms with Gasteiger partial charge in [0, 0.05) is 13.5 Å². The van der Waals surface area contributed by atoms with Crippen molar-refractivity contribution < 1.29 is 9.59 Å². The molecule has 24 heavy (non-hydrogen) atoms. The maximum absolute atomic E-state index is 12.9. The van der Waals surface area contributed by atoms with E-state index in [4.69, 9.17) is 0 Å². The lowest BCUT2D eigenvalue weighted by Crippen LogP contribution is -2.31. The number of hydrogen-bond donors (Lipinski definition) is 1. The van der Waals surface area contributed by atoms with Crippen LogP contribution in [0.15, 0.2) is 29.6 Å². The molecule has 6 heteroatoms. The maximum Gasteiger partial charge on any atom is 0.264 e. The number of likely N-dealkylation sites (tertiary alicyclic amines) is 1. The zero-order valence-corrected chi connectivity index (χ0v) is 14.7. The molecule has 0 saturated carbocycles. The molecule has 126 valence electrons. The van der Waals surface area contributed by atoms with Crippen LogP contribution in [0.2, 0.25) is 0 Å². The summed E-state index contributed by atoms with van der Waals surface area (Å²) in [6.07, 6.45) is 1.91. The molecule has 1 aliphatic rings. The van der Waals surface area contributed by atoms with Gasteiger partial charge < -0.3 is 10.2 Å². The highest BCUT2D eigenvalue weighted by Crippen LogP contribution is 2.33. The van der Waals surface area contributed by atoms with E-state index in [1.54, 1.807) is 0 Å². The smallest absolute Gasteiger partial charge is 0.264 e. The van der Waals surface area contributed by atoms with Gasteiger partial charge in [-0.3, -0.25) is 14.6 Å². The van der Waals surface area contributed by atoms with E-state index in [2.05, 4.69) is 10.3 Å². The van der Waals surface area contributed by atoms with Gasteiger partial charge in [-0.15, -0.1) is 11.3 Å². The van der Waals surface area contributed by atoms with Gasteiger partial charge in [0.05, 0.1) is 28.9 Å². The van der Waals surface area contributed by atoms with Gasteiger partial charge in [-0.1, -0.05) is 6.07 Å². The van der Waals surface area contributed by atoms with Crippen molar-refractivity contribution in [3.8, 4) is 0 Å². The summed E-state index contributed by atoms with van der Waals surface area (Å²) >= 11 is 1.50. The summed E-state index contributed by atoms with van der Waals surface area (Å²) in [4.78, 5) is 31.3. The molecule has 0 spiro atoms. The fourth-order valence-corrected chi connectivity index (χ4v) is 3.92. The molecular formula is C18H21N3O2S. The van der Waals surface area contributed by atoms with Gasteiger partial charge in [0.2, 0.25) is 5.91 Å². The first-order valence-corrected chi connectivity index (χ1v) is 8.99. The number of amides is 2. The second kappa shape index (κ2) is 7.13. The summed E-state index contributed by atoms with van der Waals surface area (Å²) in [5.74, 6) is 0.0205. The summed E-state index contributed by atoms with van der Waals surface area (Å²) in [7, 11) is 0. The first-order chi connectivity index (χ1) is 11.6. The van der Waals surface area contributed by atoms with Gasteiger partial charge in [-0.25, -0.2) is 0 Å². The van der Waals surface area contributed by atoms with E-state index in [1.807, 2.05) is 41.5 Å². The molecule has 3 heterocycles. The van der Waals surface area contributed by atoms with Gasteiger partial charge >= 0.3 is 0 Å².